The summed E-state index contributed by atoms with van der Waals surface area (Å²) in [6.45, 7) is 4.64. The molecule has 7 rings (SSSR count). The molecule has 3 heterocycles. The van der Waals surface area contributed by atoms with Crippen LogP contribution < -0.4 is 21.3 Å². The van der Waals surface area contributed by atoms with Crippen molar-refractivity contribution >= 4 is 29.1 Å². The third-order valence-electron chi connectivity index (χ3n) is 10.6. The maximum atomic E-state index is 12.8. The molecule has 2 saturated heterocycles. The molecular weight excluding hydrogens is 719 g/mol. The van der Waals surface area contributed by atoms with Crippen molar-refractivity contribution in [3.63, 3.8) is 0 Å². The third-order valence-corrected chi connectivity index (χ3v) is 10.6. The van der Waals surface area contributed by atoms with Crippen LogP contribution >= 0.6 is 0 Å². The normalized spacial score (nSPS) is 18.5. The molecule has 57 heavy (non-hydrogen) atoms. The Hall–Kier alpha value is -5.66. The average Bonchev–Trinajstić information content (AvgIpc) is 3.26. The van der Waals surface area contributed by atoms with Crippen molar-refractivity contribution in [3.8, 4) is 11.1 Å². The number of carbonyl (C=O) groups excluding carboxylic acids is 2. The molecule has 0 bridgehead atoms. The van der Waals surface area contributed by atoms with Gasteiger partial charge in [0.25, 0.3) is 0 Å². The Balaban J connectivity index is 0.948. The summed E-state index contributed by atoms with van der Waals surface area (Å²) in [6, 6.07) is 33.3. The second-order valence-electron chi connectivity index (χ2n) is 14.6. The SMILES string of the molecule is Nc1ccccc1NC(=O)CCCCC(=O)NCc1ccccc1-c1ccc([C@@H]2O[C@H](CN3CCN(c4ncccn4)CC3)C[C@H](c3ccc(CO)cc3)O2)cc1. The number of nitrogen functional groups attached to an aromatic ring is 1. The van der Waals surface area contributed by atoms with Gasteiger partial charge in [-0.2, -0.15) is 0 Å². The van der Waals surface area contributed by atoms with Gasteiger partial charge in [0.05, 0.1) is 30.2 Å². The number of hydrogen-bond donors (Lipinski definition) is 4. The summed E-state index contributed by atoms with van der Waals surface area (Å²) in [5.74, 6) is 0.595. The molecule has 2 aliphatic heterocycles. The van der Waals surface area contributed by atoms with Crippen molar-refractivity contribution in [1.82, 2.24) is 20.2 Å². The lowest BCUT2D eigenvalue weighted by molar-refractivity contribution is -0.253. The number of nitrogens with two attached hydrogens (primary N) is 1. The first-order valence-electron chi connectivity index (χ1n) is 19.8. The van der Waals surface area contributed by atoms with E-state index in [1.54, 1.807) is 24.5 Å². The maximum absolute atomic E-state index is 12.8. The fourth-order valence-electron chi connectivity index (χ4n) is 7.36. The van der Waals surface area contributed by atoms with Crippen molar-refractivity contribution in [2.75, 3.05) is 48.7 Å². The minimum Gasteiger partial charge on any atom is -0.397 e. The van der Waals surface area contributed by atoms with Crippen LogP contribution in [0, 0.1) is 0 Å². The summed E-state index contributed by atoms with van der Waals surface area (Å²) in [4.78, 5) is 38.6. The Labute approximate surface area is 334 Å². The van der Waals surface area contributed by atoms with E-state index in [2.05, 4.69) is 60.7 Å². The number of aliphatic hydroxyl groups is 1. The zero-order valence-electron chi connectivity index (χ0n) is 32.1. The fourth-order valence-corrected chi connectivity index (χ4v) is 7.36. The van der Waals surface area contributed by atoms with Gasteiger partial charge in [-0.3, -0.25) is 14.5 Å². The molecule has 1 aromatic heterocycles. The third kappa shape index (κ3) is 10.8. The number of carbonyl (C=O) groups is 2. The fraction of sp³-hybridized carbons (Fsp3) is 0.333. The van der Waals surface area contributed by atoms with E-state index >= 15 is 0 Å². The summed E-state index contributed by atoms with van der Waals surface area (Å²) in [7, 11) is 0. The molecule has 5 aromatic rings. The summed E-state index contributed by atoms with van der Waals surface area (Å²) in [5.41, 5.74) is 13.0. The highest BCUT2D eigenvalue weighted by Gasteiger charge is 2.34. The molecule has 2 fully saturated rings. The number of nitrogens with zero attached hydrogens (tertiary/aromatic N) is 4. The van der Waals surface area contributed by atoms with E-state index in [0.29, 0.717) is 50.0 Å². The van der Waals surface area contributed by atoms with Crippen LogP contribution in [0.2, 0.25) is 0 Å². The summed E-state index contributed by atoms with van der Waals surface area (Å²) in [6.07, 6.45) is 5.36. The molecule has 0 aliphatic carbocycles. The average molecular weight is 770 g/mol. The molecule has 0 unspecified atom stereocenters. The molecule has 0 saturated carbocycles. The number of anilines is 3. The Morgan fingerprint density at radius 1 is 0.772 bits per heavy atom. The van der Waals surface area contributed by atoms with Gasteiger partial charge in [-0.1, -0.05) is 84.9 Å². The van der Waals surface area contributed by atoms with Gasteiger partial charge >= 0.3 is 0 Å². The molecular formula is C45H51N7O5. The van der Waals surface area contributed by atoms with Gasteiger partial charge in [-0.25, -0.2) is 9.97 Å². The van der Waals surface area contributed by atoms with Crippen molar-refractivity contribution < 1.29 is 24.2 Å². The van der Waals surface area contributed by atoms with E-state index in [9.17, 15) is 14.7 Å². The lowest BCUT2D eigenvalue weighted by Crippen LogP contribution is -2.50. The molecule has 3 atom stereocenters. The van der Waals surface area contributed by atoms with Crippen molar-refractivity contribution in [1.29, 1.82) is 0 Å². The second-order valence-corrected chi connectivity index (χ2v) is 14.6. The van der Waals surface area contributed by atoms with Crippen LogP contribution in [0.4, 0.5) is 17.3 Å². The number of amides is 2. The van der Waals surface area contributed by atoms with Crippen LogP contribution in [0.3, 0.4) is 0 Å². The Bertz CT molecular complexity index is 2060. The monoisotopic (exact) mass is 769 g/mol. The van der Waals surface area contributed by atoms with E-state index < -0.39 is 6.29 Å². The van der Waals surface area contributed by atoms with E-state index in [1.165, 1.54) is 0 Å². The van der Waals surface area contributed by atoms with Crippen molar-refractivity contribution in [3.05, 3.63) is 138 Å². The Morgan fingerprint density at radius 2 is 1.46 bits per heavy atom. The van der Waals surface area contributed by atoms with Crippen LogP contribution in [0.15, 0.2) is 116 Å². The predicted molar refractivity (Wildman–Crippen MR) is 221 cm³/mol. The predicted octanol–water partition coefficient (Wildman–Crippen LogP) is 6.40. The van der Waals surface area contributed by atoms with Crippen LogP contribution in [0.1, 0.15) is 66.8 Å². The standard InChI is InChI=1S/C45H51N7O5/c46-39-10-3-4-11-40(39)50-43(55)13-6-5-12-42(54)49-29-36-8-1-2-9-38(36)33-18-20-35(21-19-33)44-56-37(28-41(57-44)34-16-14-32(31-53)15-17-34)30-51-24-26-52(27-25-51)45-47-22-7-23-48-45/h1-4,7-11,14-23,37,41,44,53H,5-6,12-13,24-31,46H2,(H,49,54)(H,50,55)/t37-,41+,44+/m0/s1. The first kappa shape index (κ1) is 39.6. The van der Waals surface area contributed by atoms with Gasteiger partial charge < -0.3 is 35.8 Å². The Kier molecular flexibility index (Phi) is 13.5. The second kappa shape index (κ2) is 19.5. The maximum Gasteiger partial charge on any atom is 0.225 e. The van der Waals surface area contributed by atoms with Crippen LogP contribution in [0.25, 0.3) is 11.1 Å². The summed E-state index contributed by atoms with van der Waals surface area (Å²) < 4.78 is 13.3. The molecule has 4 aromatic carbocycles. The number of para-hydroxylation sites is 2. The smallest absolute Gasteiger partial charge is 0.225 e. The molecule has 2 amide bonds. The van der Waals surface area contributed by atoms with Crippen LogP contribution in [-0.4, -0.2) is 70.6 Å². The molecule has 0 spiro atoms. The van der Waals surface area contributed by atoms with Crippen molar-refractivity contribution in [2.24, 2.45) is 0 Å². The molecule has 0 radical (unpaired) electrons. The Morgan fingerprint density at radius 3 is 2.19 bits per heavy atom. The number of aromatic nitrogens is 2. The molecule has 296 valence electrons. The summed E-state index contributed by atoms with van der Waals surface area (Å²) in [5, 5.41) is 15.5. The number of nitrogens with one attached hydrogen (secondary N) is 2. The molecule has 5 N–H and O–H groups in total. The minimum atomic E-state index is -0.559. The zero-order chi connectivity index (χ0) is 39.4. The van der Waals surface area contributed by atoms with Gasteiger partial charge in [-0.05, 0) is 58.9 Å². The summed E-state index contributed by atoms with van der Waals surface area (Å²) >= 11 is 0. The highest BCUT2D eigenvalue weighted by atomic mass is 16.7. The molecule has 2 aliphatic rings. The number of benzene rings is 4. The topological polar surface area (TPSA) is 155 Å². The highest BCUT2D eigenvalue weighted by molar-refractivity contribution is 5.93. The van der Waals surface area contributed by atoms with E-state index in [1.807, 2.05) is 60.7 Å². The number of rotatable bonds is 15. The van der Waals surface area contributed by atoms with Gasteiger partial charge in [0, 0.05) is 76.5 Å². The van der Waals surface area contributed by atoms with Crippen molar-refractivity contribution in [2.45, 2.75) is 63.8 Å². The van der Waals surface area contributed by atoms with Crippen LogP contribution in [-0.2, 0) is 32.2 Å². The lowest BCUT2D eigenvalue weighted by atomic mass is 9.97. The number of unbranched alkanes of at least 4 members (excludes halogenated alkanes) is 1. The number of piperazine rings is 1. The first-order chi connectivity index (χ1) is 27.9. The van der Waals surface area contributed by atoms with Gasteiger partial charge in [-0.15, -0.1) is 0 Å². The van der Waals surface area contributed by atoms with Gasteiger partial charge in [0.1, 0.15) is 0 Å². The van der Waals surface area contributed by atoms with E-state index in [-0.39, 0.29) is 30.6 Å². The van der Waals surface area contributed by atoms with E-state index in [4.69, 9.17) is 15.2 Å². The molecule has 12 heteroatoms. The largest absolute Gasteiger partial charge is 0.397 e. The number of aliphatic hydroxyl groups excluding tert-OH is 1. The van der Waals surface area contributed by atoms with E-state index in [0.717, 1.165) is 72.1 Å². The van der Waals surface area contributed by atoms with Gasteiger partial charge in [0.2, 0.25) is 17.8 Å². The number of ether oxygens (including phenoxy) is 2. The van der Waals surface area contributed by atoms with Crippen LogP contribution in [0.5, 0.6) is 0 Å². The molecule has 12 nitrogen and oxygen atoms in total. The zero-order valence-corrected chi connectivity index (χ0v) is 32.1. The quantitative estimate of drug-likeness (QED) is 0.0695. The lowest BCUT2D eigenvalue weighted by Gasteiger charge is -2.40. The highest BCUT2D eigenvalue weighted by Crippen LogP contribution is 2.39. The minimum absolute atomic E-state index is 0.00397. The first-order valence-corrected chi connectivity index (χ1v) is 19.8. The van der Waals surface area contributed by atoms with Gasteiger partial charge in [0.15, 0.2) is 6.29 Å². The number of hydrogen-bond acceptors (Lipinski definition) is 10.